The molecule has 3 N–H and O–H groups in total. The molecule has 70 valence electrons. The van der Waals surface area contributed by atoms with Crippen LogP contribution in [0.1, 0.15) is 0 Å². The third kappa shape index (κ3) is 1.67. The summed E-state index contributed by atoms with van der Waals surface area (Å²) in [6.07, 6.45) is 6.87. The molecule has 0 aliphatic rings. The van der Waals surface area contributed by atoms with Gasteiger partial charge in [0.2, 0.25) is 5.95 Å². The number of nitrogens with zero attached hydrogens (tertiary/aromatic N) is 3. The first kappa shape index (κ1) is 8.58. The minimum absolute atomic E-state index is 0.401. The van der Waals surface area contributed by atoms with Crippen molar-refractivity contribution in [1.82, 2.24) is 15.0 Å². The van der Waals surface area contributed by atoms with Crippen molar-refractivity contribution >= 4 is 5.95 Å². The summed E-state index contributed by atoms with van der Waals surface area (Å²) < 4.78 is 0. The summed E-state index contributed by atoms with van der Waals surface area (Å²) in [5.74, 6) is 5.55. The number of aromatic nitrogens is 3. The van der Waals surface area contributed by atoms with Gasteiger partial charge in [-0.2, -0.15) is 0 Å². The van der Waals surface area contributed by atoms with Crippen molar-refractivity contribution in [2.75, 3.05) is 5.43 Å². The molecule has 0 amide bonds. The molecule has 5 heteroatoms. The van der Waals surface area contributed by atoms with Crippen LogP contribution < -0.4 is 11.3 Å². The van der Waals surface area contributed by atoms with Gasteiger partial charge in [-0.3, -0.25) is 10.4 Å². The fourth-order valence-electron chi connectivity index (χ4n) is 1.09. The molecule has 0 bridgehead atoms. The molecule has 0 radical (unpaired) electrons. The Bertz CT molecular complexity index is 397. The van der Waals surface area contributed by atoms with E-state index in [9.17, 15) is 0 Å². The molecule has 2 aromatic heterocycles. The van der Waals surface area contributed by atoms with Crippen molar-refractivity contribution in [1.29, 1.82) is 0 Å². The van der Waals surface area contributed by atoms with E-state index in [1.807, 2.05) is 12.1 Å². The van der Waals surface area contributed by atoms with E-state index in [-0.39, 0.29) is 0 Å². The highest BCUT2D eigenvalue weighted by Gasteiger charge is 1.98. The van der Waals surface area contributed by atoms with E-state index in [2.05, 4.69) is 20.4 Å². The second-order valence-corrected chi connectivity index (χ2v) is 2.68. The average molecular weight is 187 g/mol. The van der Waals surface area contributed by atoms with Gasteiger partial charge < -0.3 is 0 Å². The maximum Gasteiger partial charge on any atom is 0.237 e. The lowest BCUT2D eigenvalue weighted by atomic mass is 10.2. The van der Waals surface area contributed by atoms with Gasteiger partial charge in [-0.25, -0.2) is 15.8 Å². The quantitative estimate of drug-likeness (QED) is 0.537. The van der Waals surface area contributed by atoms with Gasteiger partial charge in [0, 0.05) is 35.9 Å². The molecule has 0 spiro atoms. The minimum atomic E-state index is 0.401. The van der Waals surface area contributed by atoms with Crippen LogP contribution in [0.3, 0.4) is 0 Å². The number of nitrogens with two attached hydrogens (primary N) is 1. The first-order valence-electron chi connectivity index (χ1n) is 4.09. The second kappa shape index (κ2) is 3.80. The predicted molar refractivity (Wildman–Crippen MR) is 53.1 cm³/mol. The normalized spacial score (nSPS) is 9.79. The Balaban J connectivity index is 2.34. The van der Waals surface area contributed by atoms with Crippen LogP contribution in [0.4, 0.5) is 5.95 Å². The highest BCUT2D eigenvalue weighted by atomic mass is 15.3. The standard InChI is InChI=1S/C9H9N5/c10-14-9-12-5-8(6-13-9)7-2-1-3-11-4-7/h1-6H,10H2,(H,12,13,14). The summed E-state index contributed by atoms with van der Waals surface area (Å²) in [4.78, 5) is 12.0. The Morgan fingerprint density at radius 3 is 2.43 bits per heavy atom. The fourth-order valence-corrected chi connectivity index (χ4v) is 1.09. The van der Waals surface area contributed by atoms with Crippen molar-refractivity contribution in [3.8, 4) is 11.1 Å². The summed E-state index contributed by atoms with van der Waals surface area (Å²) in [6, 6.07) is 3.81. The molecular formula is C9H9N5. The topological polar surface area (TPSA) is 76.7 Å². The van der Waals surface area contributed by atoms with Gasteiger partial charge in [0.15, 0.2) is 0 Å². The smallest absolute Gasteiger partial charge is 0.237 e. The SMILES string of the molecule is NNc1ncc(-c2cccnc2)cn1. The highest BCUT2D eigenvalue weighted by molar-refractivity contribution is 5.60. The minimum Gasteiger partial charge on any atom is -0.292 e. The van der Waals surface area contributed by atoms with E-state index in [4.69, 9.17) is 5.84 Å². The second-order valence-electron chi connectivity index (χ2n) is 2.68. The third-order valence-corrected chi connectivity index (χ3v) is 1.78. The molecule has 0 unspecified atom stereocenters. The van der Waals surface area contributed by atoms with Crippen LogP contribution in [0.2, 0.25) is 0 Å². The molecule has 0 saturated carbocycles. The zero-order valence-electron chi connectivity index (χ0n) is 7.38. The molecular weight excluding hydrogens is 178 g/mol. The van der Waals surface area contributed by atoms with Gasteiger partial charge >= 0.3 is 0 Å². The molecule has 5 nitrogen and oxygen atoms in total. The van der Waals surface area contributed by atoms with E-state index in [1.165, 1.54) is 0 Å². The van der Waals surface area contributed by atoms with Crippen LogP contribution in [0, 0.1) is 0 Å². The lowest BCUT2D eigenvalue weighted by Crippen LogP contribution is -2.09. The molecule has 2 aromatic rings. The molecule has 0 aromatic carbocycles. The molecule has 2 rings (SSSR count). The first-order valence-corrected chi connectivity index (χ1v) is 4.09. The van der Waals surface area contributed by atoms with Crippen molar-refractivity contribution in [2.45, 2.75) is 0 Å². The Kier molecular flexibility index (Phi) is 2.33. The van der Waals surface area contributed by atoms with Gasteiger partial charge in [-0.15, -0.1) is 0 Å². The molecule has 14 heavy (non-hydrogen) atoms. The van der Waals surface area contributed by atoms with Crippen LogP contribution in [-0.2, 0) is 0 Å². The van der Waals surface area contributed by atoms with Gasteiger partial charge in [0.05, 0.1) is 0 Å². The summed E-state index contributed by atoms with van der Waals surface area (Å²) in [5, 5.41) is 0. The summed E-state index contributed by atoms with van der Waals surface area (Å²) in [7, 11) is 0. The average Bonchev–Trinajstić information content (AvgIpc) is 2.30. The monoisotopic (exact) mass is 187 g/mol. The lowest BCUT2D eigenvalue weighted by molar-refractivity contribution is 1.12. The van der Waals surface area contributed by atoms with Crippen LogP contribution in [0.25, 0.3) is 11.1 Å². The zero-order chi connectivity index (χ0) is 9.80. The highest BCUT2D eigenvalue weighted by Crippen LogP contribution is 2.15. The Hall–Kier alpha value is -2.01. The Morgan fingerprint density at radius 1 is 1.07 bits per heavy atom. The maximum absolute atomic E-state index is 5.15. The molecule has 0 aliphatic carbocycles. The number of nitrogens with one attached hydrogen (secondary N) is 1. The van der Waals surface area contributed by atoms with E-state index in [0.29, 0.717) is 5.95 Å². The fraction of sp³-hybridized carbons (Fsp3) is 0. The van der Waals surface area contributed by atoms with E-state index in [0.717, 1.165) is 11.1 Å². The van der Waals surface area contributed by atoms with Crippen molar-refractivity contribution < 1.29 is 0 Å². The summed E-state index contributed by atoms with van der Waals surface area (Å²) in [5.41, 5.74) is 4.26. The molecule has 0 saturated heterocycles. The molecule has 0 fully saturated rings. The van der Waals surface area contributed by atoms with Gasteiger partial charge in [-0.1, -0.05) is 6.07 Å². The number of hydrazine groups is 1. The molecule has 0 aliphatic heterocycles. The maximum atomic E-state index is 5.15. The third-order valence-electron chi connectivity index (χ3n) is 1.78. The Labute approximate surface area is 81.0 Å². The van der Waals surface area contributed by atoms with E-state index in [1.54, 1.807) is 24.8 Å². The summed E-state index contributed by atoms with van der Waals surface area (Å²) in [6.45, 7) is 0. The van der Waals surface area contributed by atoms with Crippen LogP contribution in [0.15, 0.2) is 36.9 Å². The number of pyridine rings is 1. The molecule has 2 heterocycles. The van der Waals surface area contributed by atoms with Gasteiger partial charge in [0.25, 0.3) is 0 Å². The van der Waals surface area contributed by atoms with Crippen LogP contribution in [-0.4, -0.2) is 15.0 Å². The number of hydrogen-bond acceptors (Lipinski definition) is 5. The largest absolute Gasteiger partial charge is 0.292 e. The van der Waals surface area contributed by atoms with Crippen LogP contribution in [0.5, 0.6) is 0 Å². The number of rotatable bonds is 2. The van der Waals surface area contributed by atoms with Crippen LogP contribution >= 0.6 is 0 Å². The Morgan fingerprint density at radius 2 is 1.86 bits per heavy atom. The van der Waals surface area contributed by atoms with E-state index < -0.39 is 0 Å². The van der Waals surface area contributed by atoms with Crippen molar-refractivity contribution in [3.05, 3.63) is 36.9 Å². The van der Waals surface area contributed by atoms with E-state index >= 15 is 0 Å². The predicted octanol–water partition coefficient (Wildman–Crippen LogP) is 0.824. The van der Waals surface area contributed by atoms with Gasteiger partial charge in [0.1, 0.15) is 0 Å². The molecule has 0 atom stereocenters. The zero-order valence-corrected chi connectivity index (χ0v) is 7.38. The number of nitrogen functional groups attached to an aromatic ring is 1. The number of anilines is 1. The number of hydrogen-bond donors (Lipinski definition) is 2. The first-order chi connectivity index (χ1) is 6.90. The van der Waals surface area contributed by atoms with Crippen molar-refractivity contribution in [3.63, 3.8) is 0 Å². The summed E-state index contributed by atoms with van der Waals surface area (Å²) >= 11 is 0. The lowest BCUT2D eigenvalue weighted by Gasteiger charge is -2.00. The van der Waals surface area contributed by atoms with Crippen molar-refractivity contribution in [2.24, 2.45) is 5.84 Å². The van der Waals surface area contributed by atoms with Gasteiger partial charge in [-0.05, 0) is 6.07 Å².